The molecular formula is C23H23ClFIN4O4. The number of hydrogen-bond acceptors (Lipinski definition) is 6. The van der Waals surface area contributed by atoms with E-state index in [4.69, 9.17) is 26.6 Å². The van der Waals surface area contributed by atoms with Crippen molar-refractivity contribution in [3.63, 3.8) is 0 Å². The van der Waals surface area contributed by atoms with Crippen LogP contribution in [0.25, 0.3) is 11.3 Å². The Kier molecular flexibility index (Phi) is 9.25. The first-order chi connectivity index (χ1) is 16.3. The molecule has 180 valence electrons. The lowest BCUT2D eigenvalue weighted by atomic mass is 10.1. The molecule has 34 heavy (non-hydrogen) atoms. The Morgan fingerprint density at radius 1 is 1.26 bits per heavy atom. The van der Waals surface area contributed by atoms with Crippen LogP contribution in [0.5, 0.6) is 0 Å². The van der Waals surface area contributed by atoms with Crippen molar-refractivity contribution in [1.82, 2.24) is 10.1 Å². The second-order valence-electron chi connectivity index (χ2n) is 7.37. The molecule has 1 heterocycles. The van der Waals surface area contributed by atoms with E-state index in [9.17, 15) is 14.0 Å². The summed E-state index contributed by atoms with van der Waals surface area (Å²) < 4.78 is 24.8. The number of carbonyl (C=O) groups excluding carboxylic acids is 2. The van der Waals surface area contributed by atoms with E-state index >= 15 is 0 Å². The van der Waals surface area contributed by atoms with E-state index in [1.165, 1.54) is 11.0 Å². The SMILES string of the molecule is CN(C(=O)CCc1cccc(F)c1Cl)[C@@H](CN)COC(=O)Nc1noc(-c2ccccc2)c1I. The van der Waals surface area contributed by atoms with Crippen LogP contribution in [0, 0.1) is 9.39 Å². The Balaban J connectivity index is 1.52. The Morgan fingerprint density at radius 2 is 2.00 bits per heavy atom. The van der Waals surface area contributed by atoms with Crippen LogP contribution in [0.2, 0.25) is 5.02 Å². The molecule has 0 bridgehead atoms. The maximum Gasteiger partial charge on any atom is 0.412 e. The second-order valence-corrected chi connectivity index (χ2v) is 8.83. The van der Waals surface area contributed by atoms with Gasteiger partial charge in [-0.2, -0.15) is 0 Å². The van der Waals surface area contributed by atoms with Gasteiger partial charge in [0.05, 0.1) is 11.1 Å². The fourth-order valence-electron chi connectivity index (χ4n) is 3.13. The van der Waals surface area contributed by atoms with E-state index in [1.54, 1.807) is 19.2 Å². The third-order valence-electron chi connectivity index (χ3n) is 5.15. The maximum absolute atomic E-state index is 13.6. The quantitative estimate of drug-likeness (QED) is 0.345. The number of aryl methyl sites for hydroxylation is 1. The molecule has 2 aromatic carbocycles. The normalized spacial score (nSPS) is 11.7. The van der Waals surface area contributed by atoms with Gasteiger partial charge in [0.15, 0.2) is 11.6 Å². The van der Waals surface area contributed by atoms with Crippen molar-refractivity contribution < 1.29 is 23.2 Å². The monoisotopic (exact) mass is 600 g/mol. The lowest BCUT2D eigenvalue weighted by Crippen LogP contribution is -2.45. The highest BCUT2D eigenvalue weighted by Gasteiger charge is 2.22. The summed E-state index contributed by atoms with van der Waals surface area (Å²) in [5.74, 6) is -0.0135. The number of nitrogens with one attached hydrogen (secondary N) is 1. The molecule has 3 rings (SSSR count). The fourth-order valence-corrected chi connectivity index (χ4v) is 4.00. The van der Waals surface area contributed by atoms with Crippen molar-refractivity contribution in [3.05, 3.63) is 68.5 Å². The predicted octanol–water partition coefficient (Wildman–Crippen LogP) is 4.71. The Labute approximate surface area is 214 Å². The van der Waals surface area contributed by atoms with Crippen molar-refractivity contribution in [2.75, 3.05) is 25.5 Å². The van der Waals surface area contributed by atoms with Crippen LogP contribution in [0.4, 0.5) is 15.0 Å². The van der Waals surface area contributed by atoms with Gasteiger partial charge in [-0.05, 0) is 40.6 Å². The smallest absolute Gasteiger partial charge is 0.412 e. The first-order valence-corrected chi connectivity index (χ1v) is 11.8. The van der Waals surface area contributed by atoms with Gasteiger partial charge in [-0.3, -0.25) is 10.1 Å². The van der Waals surface area contributed by atoms with Crippen LogP contribution < -0.4 is 11.1 Å². The van der Waals surface area contributed by atoms with Crippen molar-refractivity contribution >= 4 is 52.0 Å². The zero-order chi connectivity index (χ0) is 24.7. The summed E-state index contributed by atoms with van der Waals surface area (Å²) in [5.41, 5.74) is 7.15. The summed E-state index contributed by atoms with van der Waals surface area (Å²) in [5, 5.41) is 6.43. The number of hydrogen-bond donors (Lipinski definition) is 2. The van der Waals surface area contributed by atoms with Gasteiger partial charge in [0, 0.05) is 25.6 Å². The number of aromatic nitrogens is 1. The predicted molar refractivity (Wildman–Crippen MR) is 135 cm³/mol. The van der Waals surface area contributed by atoms with E-state index in [0.717, 1.165) is 5.56 Å². The molecule has 1 atom stereocenters. The largest absolute Gasteiger partial charge is 0.447 e. The molecule has 1 aromatic heterocycles. The van der Waals surface area contributed by atoms with Crippen molar-refractivity contribution in [3.8, 4) is 11.3 Å². The standard InChI is InChI=1S/C23H23ClFIN4O4/c1-30(18(31)11-10-14-8-5-9-17(25)19(14)24)16(12-27)13-33-23(32)28-22-20(26)21(34-29-22)15-6-3-2-4-7-15/h2-9,16H,10-13,27H2,1H3,(H,28,29,32)/t16-/m0/s1. The van der Waals surface area contributed by atoms with Crippen LogP contribution in [-0.2, 0) is 16.0 Å². The van der Waals surface area contributed by atoms with E-state index in [-0.39, 0.29) is 42.7 Å². The van der Waals surface area contributed by atoms with Gasteiger partial charge >= 0.3 is 6.09 Å². The third kappa shape index (κ3) is 6.45. The third-order valence-corrected chi connectivity index (χ3v) is 6.58. The van der Waals surface area contributed by atoms with Gasteiger partial charge < -0.3 is 19.9 Å². The van der Waals surface area contributed by atoms with Gasteiger partial charge in [-0.25, -0.2) is 9.18 Å². The van der Waals surface area contributed by atoms with E-state index in [1.807, 2.05) is 52.9 Å². The summed E-state index contributed by atoms with van der Waals surface area (Å²) in [4.78, 5) is 26.3. The molecule has 0 radical (unpaired) electrons. The molecule has 0 saturated heterocycles. The van der Waals surface area contributed by atoms with Gasteiger partial charge in [-0.15, -0.1) is 0 Å². The number of nitrogens with zero attached hydrogens (tertiary/aromatic N) is 2. The van der Waals surface area contributed by atoms with Crippen molar-refractivity contribution in [2.45, 2.75) is 18.9 Å². The number of likely N-dealkylation sites (N-methyl/N-ethyl adjacent to an activating group) is 1. The molecule has 0 unspecified atom stereocenters. The molecule has 0 spiro atoms. The Bertz CT molecular complexity index is 1150. The van der Waals surface area contributed by atoms with Crippen LogP contribution in [0.1, 0.15) is 12.0 Å². The zero-order valence-corrected chi connectivity index (χ0v) is 21.2. The minimum absolute atomic E-state index is 0.00578. The molecule has 3 aromatic rings. The molecule has 11 heteroatoms. The van der Waals surface area contributed by atoms with Crippen LogP contribution in [0.3, 0.4) is 0 Å². The van der Waals surface area contributed by atoms with E-state index in [2.05, 4.69) is 10.5 Å². The lowest BCUT2D eigenvalue weighted by Gasteiger charge is -2.27. The number of nitrogens with two attached hydrogens (primary N) is 1. The highest BCUT2D eigenvalue weighted by molar-refractivity contribution is 14.1. The summed E-state index contributed by atoms with van der Waals surface area (Å²) in [7, 11) is 1.57. The number of benzene rings is 2. The maximum atomic E-state index is 13.6. The lowest BCUT2D eigenvalue weighted by molar-refractivity contribution is -0.132. The number of carbonyl (C=O) groups is 2. The molecule has 2 amide bonds. The molecule has 0 saturated carbocycles. The summed E-state index contributed by atoms with van der Waals surface area (Å²) >= 11 is 7.98. The first-order valence-electron chi connectivity index (χ1n) is 10.3. The van der Waals surface area contributed by atoms with Crippen LogP contribution in [0.15, 0.2) is 53.1 Å². The summed E-state index contributed by atoms with van der Waals surface area (Å²) in [6.45, 7) is -0.0405. The molecule has 3 N–H and O–H groups in total. The second kappa shape index (κ2) is 12.1. The fraction of sp³-hybridized carbons (Fsp3) is 0.261. The minimum atomic E-state index is -0.753. The number of anilines is 1. The molecule has 0 aliphatic rings. The summed E-state index contributed by atoms with van der Waals surface area (Å²) in [6.07, 6.45) is -0.384. The van der Waals surface area contributed by atoms with Gasteiger partial charge in [0.25, 0.3) is 0 Å². The molecule has 0 aliphatic heterocycles. The van der Waals surface area contributed by atoms with Gasteiger partial charge in [0.2, 0.25) is 5.91 Å². The van der Waals surface area contributed by atoms with Gasteiger partial charge in [0.1, 0.15) is 16.0 Å². The number of ether oxygens (including phenoxy) is 1. The Hall–Kier alpha value is -2.70. The number of rotatable bonds is 9. The first kappa shape index (κ1) is 25.9. The van der Waals surface area contributed by atoms with Crippen LogP contribution >= 0.6 is 34.2 Å². The number of halogens is 3. The molecular weight excluding hydrogens is 578 g/mol. The zero-order valence-electron chi connectivity index (χ0n) is 18.3. The molecule has 0 fully saturated rings. The van der Waals surface area contributed by atoms with E-state index in [0.29, 0.717) is 14.9 Å². The molecule has 8 nitrogen and oxygen atoms in total. The average molecular weight is 601 g/mol. The van der Waals surface area contributed by atoms with Crippen molar-refractivity contribution in [1.29, 1.82) is 0 Å². The molecule has 0 aliphatic carbocycles. The Morgan fingerprint density at radius 3 is 2.71 bits per heavy atom. The average Bonchev–Trinajstić information content (AvgIpc) is 3.20. The van der Waals surface area contributed by atoms with Crippen molar-refractivity contribution in [2.24, 2.45) is 5.73 Å². The minimum Gasteiger partial charge on any atom is -0.447 e. The van der Waals surface area contributed by atoms with Gasteiger partial charge in [-0.1, -0.05) is 59.2 Å². The topological polar surface area (TPSA) is 111 Å². The van der Waals surface area contributed by atoms with Crippen LogP contribution in [-0.4, -0.2) is 48.3 Å². The highest BCUT2D eigenvalue weighted by Crippen LogP contribution is 2.30. The highest BCUT2D eigenvalue weighted by atomic mass is 127. The van der Waals surface area contributed by atoms with E-state index < -0.39 is 18.0 Å². The number of amides is 2. The summed E-state index contributed by atoms with van der Waals surface area (Å²) in [6, 6.07) is 13.3.